The minimum Gasteiger partial charge on any atom is -0.342 e. The second-order valence-corrected chi connectivity index (χ2v) is 8.22. The van der Waals surface area contributed by atoms with Crippen molar-refractivity contribution in [2.45, 2.75) is 19.9 Å². The zero-order valence-electron chi connectivity index (χ0n) is 16.0. The molecule has 0 spiro atoms. The van der Waals surface area contributed by atoms with Gasteiger partial charge in [-0.25, -0.2) is 4.98 Å². The fourth-order valence-corrected chi connectivity index (χ4v) is 4.75. The van der Waals surface area contributed by atoms with Crippen molar-refractivity contribution >= 4 is 27.8 Å². The molecule has 0 aliphatic carbocycles. The van der Waals surface area contributed by atoms with Crippen LogP contribution < -0.4 is 5.32 Å². The molecule has 2 aromatic heterocycles. The lowest BCUT2D eigenvalue weighted by Gasteiger charge is -2.13. The number of aryl methyl sites for hydroxylation is 1. The van der Waals surface area contributed by atoms with Gasteiger partial charge in [-0.1, -0.05) is 36.4 Å². The number of hydrogen-bond donors (Lipinski definition) is 1. The van der Waals surface area contributed by atoms with E-state index in [1.54, 1.807) is 11.3 Å². The van der Waals surface area contributed by atoms with Crippen LogP contribution in [0.2, 0.25) is 0 Å². The largest absolute Gasteiger partial charge is 0.342 e. The molecular formula is C24H23N3S. The molecule has 0 bridgehead atoms. The summed E-state index contributed by atoms with van der Waals surface area (Å²) < 4.78 is 2.39. The molecule has 0 radical (unpaired) electrons. The quantitative estimate of drug-likeness (QED) is 0.503. The molecule has 5 rings (SSSR count). The first-order valence-corrected chi connectivity index (χ1v) is 10.7. The predicted octanol–water partition coefficient (Wildman–Crippen LogP) is 5.50. The van der Waals surface area contributed by atoms with Crippen LogP contribution in [0.4, 0.5) is 0 Å². The average molecular weight is 386 g/mol. The number of nitrogens with zero attached hydrogens (tertiary/aromatic N) is 2. The van der Waals surface area contributed by atoms with Crippen molar-refractivity contribution in [3.63, 3.8) is 0 Å². The fraction of sp³-hybridized carbons (Fsp3) is 0.208. The summed E-state index contributed by atoms with van der Waals surface area (Å²) in [6, 6.07) is 17.5. The van der Waals surface area contributed by atoms with Gasteiger partial charge in [0.05, 0.1) is 0 Å². The number of aromatic nitrogens is 2. The van der Waals surface area contributed by atoms with Crippen LogP contribution in [0.15, 0.2) is 66.2 Å². The van der Waals surface area contributed by atoms with E-state index in [0.29, 0.717) is 0 Å². The molecular weight excluding hydrogens is 362 g/mol. The maximum atomic E-state index is 4.69. The number of fused-ring (bicyclic) bond motifs is 1. The topological polar surface area (TPSA) is 29.9 Å². The van der Waals surface area contributed by atoms with Crippen molar-refractivity contribution in [2.24, 2.45) is 0 Å². The molecule has 0 fully saturated rings. The van der Waals surface area contributed by atoms with Crippen molar-refractivity contribution < 1.29 is 0 Å². The van der Waals surface area contributed by atoms with E-state index in [9.17, 15) is 0 Å². The summed E-state index contributed by atoms with van der Waals surface area (Å²) >= 11 is 1.72. The van der Waals surface area contributed by atoms with E-state index < -0.39 is 0 Å². The summed E-state index contributed by atoms with van der Waals surface area (Å²) in [4.78, 5) is 4.69. The highest BCUT2D eigenvalue weighted by atomic mass is 32.1. The maximum Gasteiger partial charge on any atom is 0.123 e. The van der Waals surface area contributed by atoms with Gasteiger partial charge in [0.15, 0.2) is 0 Å². The number of thiazole rings is 1. The second-order valence-electron chi connectivity index (χ2n) is 7.37. The van der Waals surface area contributed by atoms with E-state index in [1.807, 2.05) is 0 Å². The van der Waals surface area contributed by atoms with E-state index >= 15 is 0 Å². The molecule has 1 aliphatic heterocycles. The van der Waals surface area contributed by atoms with Crippen LogP contribution in [0, 0.1) is 6.92 Å². The molecule has 4 heteroatoms. The molecule has 1 N–H and O–H groups in total. The molecule has 28 heavy (non-hydrogen) atoms. The highest BCUT2D eigenvalue weighted by molar-refractivity contribution is 7.13. The standard InChI is InChI=1S/C24H23N3S/c1-17-16-28-24(26-17)20-7-8-23-21(13-20)22(19-9-11-25-12-10-19)15-27(23)14-18-5-3-2-4-6-18/h2-9,13,15-16,25H,10-12,14H2,1H3. The fourth-order valence-electron chi connectivity index (χ4n) is 3.95. The average Bonchev–Trinajstić information content (AvgIpc) is 3.33. The van der Waals surface area contributed by atoms with Gasteiger partial charge in [-0.2, -0.15) is 0 Å². The monoisotopic (exact) mass is 385 g/mol. The van der Waals surface area contributed by atoms with Crippen LogP contribution in [-0.4, -0.2) is 22.6 Å². The van der Waals surface area contributed by atoms with Gasteiger partial charge in [-0.15, -0.1) is 11.3 Å². The van der Waals surface area contributed by atoms with Gasteiger partial charge in [0.2, 0.25) is 0 Å². The van der Waals surface area contributed by atoms with Gasteiger partial charge in [-0.3, -0.25) is 0 Å². The molecule has 0 saturated carbocycles. The summed E-state index contributed by atoms with van der Waals surface area (Å²) in [6.07, 6.45) is 5.75. The predicted molar refractivity (Wildman–Crippen MR) is 119 cm³/mol. The van der Waals surface area contributed by atoms with Crippen molar-refractivity contribution in [3.05, 3.63) is 83.0 Å². The summed E-state index contributed by atoms with van der Waals surface area (Å²) in [5.41, 5.74) is 7.72. The molecule has 1 aliphatic rings. The number of nitrogens with one attached hydrogen (secondary N) is 1. The molecule has 0 saturated heterocycles. The van der Waals surface area contributed by atoms with E-state index in [1.165, 1.54) is 33.2 Å². The molecule has 140 valence electrons. The van der Waals surface area contributed by atoms with Crippen molar-refractivity contribution in [3.8, 4) is 10.6 Å². The first-order valence-electron chi connectivity index (χ1n) is 9.77. The molecule has 0 atom stereocenters. The smallest absolute Gasteiger partial charge is 0.123 e. The van der Waals surface area contributed by atoms with Crippen LogP contribution in [0.1, 0.15) is 23.2 Å². The van der Waals surface area contributed by atoms with Crippen LogP contribution >= 0.6 is 11.3 Å². The Hall–Kier alpha value is -2.69. The molecule has 3 heterocycles. The molecule has 3 nitrogen and oxygen atoms in total. The maximum absolute atomic E-state index is 4.69. The minimum absolute atomic E-state index is 0.887. The Morgan fingerprint density at radius 1 is 1.14 bits per heavy atom. The summed E-state index contributed by atoms with van der Waals surface area (Å²) in [5.74, 6) is 0. The summed E-state index contributed by atoms with van der Waals surface area (Å²) in [7, 11) is 0. The Morgan fingerprint density at radius 3 is 2.79 bits per heavy atom. The SMILES string of the molecule is Cc1csc(-c2ccc3c(c2)c(C2=CCNCC2)cn3Cc2ccccc2)n1. The lowest BCUT2D eigenvalue weighted by molar-refractivity contribution is 0.738. The van der Waals surface area contributed by atoms with E-state index in [0.717, 1.165) is 36.8 Å². The van der Waals surface area contributed by atoms with Gasteiger partial charge < -0.3 is 9.88 Å². The third-order valence-electron chi connectivity index (χ3n) is 5.35. The molecule has 4 aromatic rings. The van der Waals surface area contributed by atoms with Crippen LogP contribution in [0.5, 0.6) is 0 Å². The highest BCUT2D eigenvalue weighted by Crippen LogP contribution is 2.34. The Kier molecular flexibility index (Phi) is 4.59. The molecule has 0 amide bonds. The third-order valence-corrected chi connectivity index (χ3v) is 6.36. The van der Waals surface area contributed by atoms with Crippen molar-refractivity contribution in [1.29, 1.82) is 0 Å². The van der Waals surface area contributed by atoms with E-state index in [2.05, 4.69) is 83.0 Å². The molecule has 2 aromatic carbocycles. The normalized spacial score (nSPS) is 14.4. The highest BCUT2D eigenvalue weighted by Gasteiger charge is 2.16. The van der Waals surface area contributed by atoms with Crippen LogP contribution in [0.25, 0.3) is 27.0 Å². The zero-order valence-corrected chi connectivity index (χ0v) is 16.8. The van der Waals surface area contributed by atoms with Crippen LogP contribution in [-0.2, 0) is 6.54 Å². The van der Waals surface area contributed by atoms with Gasteiger partial charge in [0.1, 0.15) is 5.01 Å². The first-order chi connectivity index (χ1) is 13.8. The third kappa shape index (κ3) is 3.30. The van der Waals surface area contributed by atoms with Gasteiger partial charge >= 0.3 is 0 Å². The number of benzene rings is 2. The lowest BCUT2D eigenvalue weighted by atomic mass is 9.99. The van der Waals surface area contributed by atoms with Gasteiger partial charge in [0, 0.05) is 52.4 Å². The zero-order chi connectivity index (χ0) is 18.9. The second kappa shape index (κ2) is 7.38. The van der Waals surface area contributed by atoms with E-state index in [-0.39, 0.29) is 0 Å². The lowest BCUT2D eigenvalue weighted by Crippen LogP contribution is -2.19. The minimum atomic E-state index is 0.887. The van der Waals surface area contributed by atoms with Crippen molar-refractivity contribution in [2.75, 3.05) is 13.1 Å². The van der Waals surface area contributed by atoms with E-state index in [4.69, 9.17) is 4.98 Å². The number of hydrogen-bond acceptors (Lipinski definition) is 3. The summed E-state index contributed by atoms with van der Waals surface area (Å²) in [6.45, 7) is 4.94. The Bertz CT molecular complexity index is 1150. The Morgan fingerprint density at radius 2 is 2.04 bits per heavy atom. The molecule has 0 unspecified atom stereocenters. The Balaban J connectivity index is 1.65. The Labute approximate surface area is 169 Å². The number of rotatable bonds is 4. The van der Waals surface area contributed by atoms with Gasteiger partial charge in [0.25, 0.3) is 0 Å². The van der Waals surface area contributed by atoms with Crippen LogP contribution in [0.3, 0.4) is 0 Å². The summed E-state index contributed by atoms with van der Waals surface area (Å²) in [5, 5.41) is 7.97. The first kappa shape index (κ1) is 17.4. The van der Waals surface area contributed by atoms with Gasteiger partial charge in [-0.05, 0) is 49.2 Å². The van der Waals surface area contributed by atoms with Crippen molar-refractivity contribution in [1.82, 2.24) is 14.9 Å².